The maximum absolute atomic E-state index is 9.77. The standard InChI is InChI=1S/C22H18N6O/c1-2-18-17(16-10-6-7-11-19(16)29-18)12-14(13-23)20-26-21(24)28-22(27-20)25-15-8-4-3-5-9-15/h3-12H,2H2,1H3,(H3,24,25,26,27,28)/b14-12+. The molecule has 0 saturated heterocycles. The second-order valence-electron chi connectivity index (χ2n) is 6.29. The molecular formula is C22H18N6O. The molecule has 0 unspecified atom stereocenters. The maximum atomic E-state index is 9.77. The number of nitrogens with two attached hydrogens (primary N) is 1. The van der Waals surface area contributed by atoms with Gasteiger partial charge in [0.1, 0.15) is 17.4 Å². The van der Waals surface area contributed by atoms with Gasteiger partial charge in [-0.15, -0.1) is 0 Å². The van der Waals surface area contributed by atoms with Crippen LogP contribution in [0.5, 0.6) is 0 Å². The number of aromatic nitrogens is 3. The molecule has 0 aliphatic heterocycles. The first-order valence-electron chi connectivity index (χ1n) is 9.14. The summed E-state index contributed by atoms with van der Waals surface area (Å²) in [6.07, 6.45) is 2.44. The van der Waals surface area contributed by atoms with Crippen LogP contribution in [-0.4, -0.2) is 15.0 Å². The van der Waals surface area contributed by atoms with Gasteiger partial charge in [-0.05, 0) is 24.3 Å². The average Bonchev–Trinajstić information content (AvgIpc) is 3.09. The van der Waals surface area contributed by atoms with Crippen LogP contribution in [0.25, 0.3) is 22.6 Å². The number of nitriles is 1. The fourth-order valence-electron chi connectivity index (χ4n) is 3.05. The highest BCUT2D eigenvalue weighted by Crippen LogP contribution is 2.30. The highest BCUT2D eigenvalue weighted by molar-refractivity contribution is 5.97. The summed E-state index contributed by atoms with van der Waals surface area (Å²) in [6, 6.07) is 19.3. The molecule has 0 aliphatic carbocycles. The molecule has 2 aromatic heterocycles. The number of hydrogen-bond acceptors (Lipinski definition) is 7. The first kappa shape index (κ1) is 18.2. The van der Waals surface area contributed by atoms with E-state index >= 15 is 0 Å². The number of benzene rings is 2. The summed E-state index contributed by atoms with van der Waals surface area (Å²) in [7, 11) is 0. The quantitative estimate of drug-likeness (QED) is 0.486. The Morgan fingerprint density at radius 3 is 2.62 bits per heavy atom. The second-order valence-corrected chi connectivity index (χ2v) is 6.29. The van der Waals surface area contributed by atoms with Gasteiger partial charge < -0.3 is 15.5 Å². The van der Waals surface area contributed by atoms with Crippen LogP contribution >= 0.6 is 0 Å². The number of rotatable bonds is 5. The molecule has 7 heteroatoms. The molecule has 2 heterocycles. The van der Waals surface area contributed by atoms with Crippen molar-refractivity contribution in [1.82, 2.24) is 15.0 Å². The Bertz CT molecular complexity index is 1240. The lowest BCUT2D eigenvalue weighted by Crippen LogP contribution is -2.06. The summed E-state index contributed by atoms with van der Waals surface area (Å²) < 4.78 is 5.91. The maximum Gasteiger partial charge on any atom is 0.232 e. The van der Waals surface area contributed by atoms with Crippen molar-refractivity contribution in [3.63, 3.8) is 0 Å². The van der Waals surface area contributed by atoms with E-state index in [9.17, 15) is 5.26 Å². The van der Waals surface area contributed by atoms with Crippen LogP contribution in [0.2, 0.25) is 0 Å². The Morgan fingerprint density at radius 2 is 1.86 bits per heavy atom. The van der Waals surface area contributed by atoms with Crippen molar-refractivity contribution in [3.8, 4) is 6.07 Å². The van der Waals surface area contributed by atoms with Gasteiger partial charge in [0.25, 0.3) is 0 Å². The Kier molecular flexibility index (Phi) is 4.91. The summed E-state index contributed by atoms with van der Waals surface area (Å²) in [5.74, 6) is 1.30. The average molecular weight is 382 g/mol. The number of fused-ring (bicyclic) bond motifs is 1. The van der Waals surface area contributed by atoms with E-state index in [-0.39, 0.29) is 23.3 Å². The fourth-order valence-corrected chi connectivity index (χ4v) is 3.05. The molecule has 0 saturated carbocycles. The first-order chi connectivity index (χ1) is 14.2. The zero-order chi connectivity index (χ0) is 20.2. The third kappa shape index (κ3) is 3.77. The predicted octanol–water partition coefficient (Wildman–Crippen LogP) is 4.57. The zero-order valence-corrected chi connectivity index (χ0v) is 15.8. The number of anilines is 3. The lowest BCUT2D eigenvalue weighted by molar-refractivity contribution is 0.556. The van der Waals surface area contributed by atoms with Gasteiger partial charge in [0.15, 0.2) is 5.82 Å². The van der Waals surface area contributed by atoms with E-state index in [0.29, 0.717) is 6.42 Å². The highest BCUT2D eigenvalue weighted by Gasteiger charge is 2.15. The molecule has 0 spiro atoms. The van der Waals surface area contributed by atoms with Gasteiger partial charge in [-0.2, -0.15) is 20.2 Å². The van der Waals surface area contributed by atoms with E-state index in [1.165, 1.54) is 0 Å². The third-order valence-corrected chi connectivity index (χ3v) is 4.36. The number of allylic oxidation sites excluding steroid dienone is 1. The van der Waals surface area contributed by atoms with Crippen LogP contribution in [-0.2, 0) is 6.42 Å². The summed E-state index contributed by atoms with van der Waals surface area (Å²) in [4.78, 5) is 12.7. The van der Waals surface area contributed by atoms with Crippen molar-refractivity contribution >= 4 is 40.2 Å². The molecule has 7 nitrogen and oxygen atoms in total. The number of hydrogen-bond donors (Lipinski definition) is 2. The smallest absolute Gasteiger partial charge is 0.232 e. The number of furan rings is 1. The SMILES string of the molecule is CCc1oc2ccccc2c1/C=C(\C#N)c1nc(N)nc(Nc2ccccc2)n1. The molecule has 29 heavy (non-hydrogen) atoms. The van der Waals surface area contributed by atoms with E-state index in [1.54, 1.807) is 6.08 Å². The molecule has 0 atom stereocenters. The lowest BCUT2D eigenvalue weighted by Gasteiger charge is -2.07. The molecule has 4 rings (SSSR count). The molecule has 142 valence electrons. The van der Waals surface area contributed by atoms with Crippen LogP contribution in [0.3, 0.4) is 0 Å². The molecule has 0 bridgehead atoms. The van der Waals surface area contributed by atoms with Gasteiger partial charge in [0.2, 0.25) is 11.9 Å². The number of nitrogen functional groups attached to an aromatic ring is 1. The Balaban J connectivity index is 1.78. The number of nitrogens with one attached hydrogen (secondary N) is 1. The van der Waals surface area contributed by atoms with E-state index in [0.717, 1.165) is 28.0 Å². The van der Waals surface area contributed by atoms with Crippen LogP contribution in [0.1, 0.15) is 24.1 Å². The number of aryl methyl sites for hydroxylation is 1. The van der Waals surface area contributed by atoms with Crippen molar-refractivity contribution in [3.05, 3.63) is 71.7 Å². The third-order valence-electron chi connectivity index (χ3n) is 4.36. The fraction of sp³-hybridized carbons (Fsp3) is 0.0909. The van der Waals surface area contributed by atoms with Crippen LogP contribution < -0.4 is 11.1 Å². The number of para-hydroxylation sites is 2. The normalized spacial score (nSPS) is 11.4. The summed E-state index contributed by atoms with van der Waals surface area (Å²) >= 11 is 0. The summed E-state index contributed by atoms with van der Waals surface area (Å²) in [5.41, 5.74) is 8.57. The Hall–Kier alpha value is -4.18. The molecule has 0 amide bonds. The van der Waals surface area contributed by atoms with Gasteiger partial charge >= 0.3 is 0 Å². The summed E-state index contributed by atoms with van der Waals surface area (Å²) in [6.45, 7) is 2.00. The van der Waals surface area contributed by atoms with Crippen molar-refractivity contribution in [2.75, 3.05) is 11.1 Å². The lowest BCUT2D eigenvalue weighted by atomic mass is 10.1. The minimum Gasteiger partial charge on any atom is -0.460 e. The van der Waals surface area contributed by atoms with Crippen LogP contribution in [0.15, 0.2) is 59.0 Å². The number of nitrogens with zero attached hydrogens (tertiary/aromatic N) is 4. The van der Waals surface area contributed by atoms with E-state index in [2.05, 4.69) is 26.3 Å². The topological polar surface area (TPSA) is 114 Å². The monoisotopic (exact) mass is 382 g/mol. The largest absolute Gasteiger partial charge is 0.460 e. The minimum atomic E-state index is 0.0300. The molecule has 0 fully saturated rings. The van der Waals surface area contributed by atoms with Crippen molar-refractivity contribution in [2.24, 2.45) is 0 Å². The molecular weight excluding hydrogens is 364 g/mol. The van der Waals surface area contributed by atoms with E-state index in [4.69, 9.17) is 10.2 Å². The van der Waals surface area contributed by atoms with Crippen LogP contribution in [0.4, 0.5) is 17.6 Å². The molecule has 0 aliphatic rings. The Labute approximate surface area is 167 Å². The van der Waals surface area contributed by atoms with Crippen molar-refractivity contribution < 1.29 is 4.42 Å². The van der Waals surface area contributed by atoms with Crippen molar-refractivity contribution in [1.29, 1.82) is 5.26 Å². The van der Waals surface area contributed by atoms with Crippen molar-refractivity contribution in [2.45, 2.75) is 13.3 Å². The first-order valence-corrected chi connectivity index (χ1v) is 9.14. The zero-order valence-electron chi connectivity index (χ0n) is 15.8. The van der Waals surface area contributed by atoms with Gasteiger partial charge in [-0.1, -0.05) is 43.3 Å². The van der Waals surface area contributed by atoms with Crippen LogP contribution in [0, 0.1) is 11.3 Å². The second kappa shape index (κ2) is 7.82. The van der Waals surface area contributed by atoms with Gasteiger partial charge in [-0.3, -0.25) is 0 Å². The van der Waals surface area contributed by atoms with E-state index in [1.807, 2.05) is 61.5 Å². The molecule has 0 radical (unpaired) electrons. The van der Waals surface area contributed by atoms with E-state index < -0.39 is 0 Å². The molecule has 4 aromatic rings. The summed E-state index contributed by atoms with van der Waals surface area (Å²) in [5, 5.41) is 13.8. The molecule has 2 aromatic carbocycles. The minimum absolute atomic E-state index is 0.0300. The molecule has 3 N–H and O–H groups in total. The highest BCUT2D eigenvalue weighted by atomic mass is 16.3. The van der Waals surface area contributed by atoms with Gasteiger partial charge in [-0.25, -0.2) is 0 Å². The van der Waals surface area contributed by atoms with Gasteiger partial charge in [0.05, 0.1) is 5.57 Å². The Morgan fingerprint density at radius 1 is 1.10 bits per heavy atom. The predicted molar refractivity (Wildman–Crippen MR) is 113 cm³/mol. The van der Waals surface area contributed by atoms with Gasteiger partial charge in [0, 0.05) is 23.1 Å².